The summed E-state index contributed by atoms with van der Waals surface area (Å²) in [6, 6.07) is 5.77. The maximum absolute atomic E-state index is 13.1. The van der Waals surface area contributed by atoms with Crippen LogP contribution in [0.15, 0.2) is 35.5 Å². The number of ketones is 1. The Balaban J connectivity index is 1.70. The van der Waals surface area contributed by atoms with Crippen LogP contribution < -0.4 is 0 Å². The van der Waals surface area contributed by atoms with Gasteiger partial charge in [-0.1, -0.05) is 26.0 Å². The maximum atomic E-state index is 13.1. The standard InChI is InChI=1S/C21H22FN3O4/c1-11(2)18-23(3)20(28)16-14-8-9-24(10-12-4-6-13(22)7-5-12)19(27)15(14)17(26)21(29)25(16)18/h4-7,11,15,18H,8-10H2,1-3H3. The minimum absolute atomic E-state index is 0.0652. The van der Waals surface area contributed by atoms with Crippen molar-refractivity contribution in [1.29, 1.82) is 0 Å². The van der Waals surface area contributed by atoms with Crippen LogP contribution in [0.4, 0.5) is 4.39 Å². The third-order valence-corrected chi connectivity index (χ3v) is 5.86. The summed E-state index contributed by atoms with van der Waals surface area (Å²) in [5.41, 5.74) is 1.36. The van der Waals surface area contributed by atoms with E-state index in [-0.39, 0.29) is 29.9 Å². The maximum Gasteiger partial charge on any atom is 0.297 e. The van der Waals surface area contributed by atoms with E-state index in [1.54, 1.807) is 19.2 Å². The van der Waals surface area contributed by atoms with E-state index in [0.717, 1.165) is 5.56 Å². The van der Waals surface area contributed by atoms with Crippen LogP contribution in [0.1, 0.15) is 25.8 Å². The number of hydrogen-bond donors (Lipinski definition) is 0. The minimum Gasteiger partial charge on any atom is -0.337 e. The number of piperidine rings is 1. The summed E-state index contributed by atoms with van der Waals surface area (Å²) in [5, 5.41) is 0. The van der Waals surface area contributed by atoms with Crippen LogP contribution >= 0.6 is 0 Å². The zero-order chi connectivity index (χ0) is 21.0. The summed E-state index contributed by atoms with van der Waals surface area (Å²) in [6.07, 6.45) is -0.193. The normalized spacial score (nSPS) is 24.7. The average Bonchev–Trinajstić information content (AvgIpc) is 2.95. The molecule has 2 saturated heterocycles. The topological polar surface area (TPSA) is 78.0 Å². The zero-order valence-corrected chi connectivity index (χ0v) is 16.5. The molecule has 2 atom stereocenters. The number of rotatable bonds is 3. The number of hydrogen-bond acceptors (Lipinski definition) is 4. The average molecular weight is 399 g/mol. The van der Waals surface area contributed by atoms with Crippen molar-refractivity contribution in [1.82, 2.24) is 14.7 Å². The number of Topliss-reactive ketones (excluding diaryl/α,β-unsaturated/α-hetero) is 1. The van der Waals surface area contributed by atoms with E-state index in [2.05, 4.69) is 0 Å². The van der Waals surface area contributed by atoms with Gasteiger partial charge in [0.15, 0.2) is 0 Å². The van der Waals surface area contributed by atoms with Gasteiger partial charge in [-0.05, 0) is 35.6 Å². The molecule has 2 fully saturated rings. The first-order valence-corrected chi connectivity index (χ1v) is 9.63. The number of carbonyl (C=O) groups is 4. The van der Waals surface area contributed by atoms with Gasteiger partial charge in [0.1, 0.15) is 23.6 Å². The van der Waals surface area contributed by atoms with Crippen LogP contribution in [0, 0.1) is 17.7 Å². The first-order valence-electron chi connectivity index (χ1n) is 9.63. The number of benzene rings is 1. The van der Waals surface area contributed by atoms with Gasteiger partial charge in [-0.25, -0.2) is 4.39 Å². The molecule has 3 aliphatic rings. The molecule has 0 aromatic heterocycles. The van der Waals surface area contributed by atoms with E-state index in [9.17, 15) is 23.6 Å². The van der Waals surface area contributed by atoms with Crippen LogP contribution in [0.3, 0.4) is 0 Å². The van der Waals surface area contributed by atoms with Gasteiger partial charge in [0, 0.05) is 20.1 Å². The monoisotopic (exact) mass is 399 g/mol. The van der Waals surface area contributed by atoms with Crippen molar-refractivity contribution in [2.24, 2.45) is 11.8 Å². The van der Waals surface area contributed by atoms with Gasteiger partial charge in [-0.15, -0.1) is 0 Å². The molecule has 3 aliphatic heterocycles. The Bertz CT molecular complexity index is 953. The van der Waals surface area contributed by atoms with Gasteiger partial charge in [0.2, 0.25) is 11.7 Å². The van der Waals surface area contributed by atoms with Crippen LogP contribution in [0.2, 0.25) is 0 Å². The number of likely N-dealkylation sites (tertiary alicyclic amines) is 1. The summed E-state index contributed by atoms with van der Waals surface area (Å²) in [5.74, 6) is -4.08. The lowest BCUT2D eigenvalue weighted by molar-refractivity contribution is -0.154. The van der Waals surface area contributed by atoms with Gasteiger partial charge < -0.3 is 9.80 Å². The zero-order valence-electron chi connectivity index (χ0n) is 16.5. The number of fused-ring (bicyclic) bond motifs is 2. The molecule has 8 heteroatoms. The number of amides is 3. The molecule has 0 N–H and O–H groups in total. The third-order valence-electron chi connectivity index (χ3n) is 5.86. The molecule has 3 heterocycles. The molecular formula is C21H22FN3O4. The molecule has 29 heavy (non-hydrogen) atoms. The van der Waals surface area contributed by atoms with E-state index < -0.39 is 29.7 Å². The highest BCUT2D eigenvalue weighted by molar-refractivity contribution is 6.43. The Morgan fingerprint density at radius 2 is 1.72 bits per heavy atom. The highest BCUT2D eigenvalue weighted by atomic mass is 19.1. The van der Waals surface area contributed by atoms with Crippen molar-refractivity contribution in [2.45, 2.75) is 33.0 Å². The molecule has 0 aliphatic carbocycles. The van der Waals surface area contributed by atoms with Crippen molar-refractivity contribution in [2.75, 3.05) is 13.6 Å². The molecule has 7 nitrogen and oxygen atoms in total. The second-order valence-electron chi connectivity index (χ2n) is 8.06. The van der Waals surface area contributed by atoms with Gasteiger partial charge in [0.05, 0.1) is 0 Å². The fourth-order valence-electron chi connectivity index (χ4n) is 4.53. The quantitative estimate of drug-likeness (QED) is 0.567. The fraction of sp³-hybridized carbons (Fsp3) is 0.429. The van der Waals surface area contributed by atoms with Gasteiger partial charge in [-0.3, -0.25) is 24.1 Å². The molecular weight excluding hydrogens is 377 g/mol. The molecule has 2 unspecified atom stereocenters. The number of likely N-dealkylation sites (N-methyl/N-ethyl adjacent to an activating group) is 1. The van der Waals surface area contributed by atoms with Crippen LogP contribution in [-0.2, 0) is 25.7 Å². The van der Waals surface area contributed by atoms with Crippen molar-refractivity contribution in [3.63, 3.8) is 0 Å². The Morgan fingerprint density at radius 3 is 2.34 bits per heavy atom. The van der Waals surface area contributed by atoms with Gasteiger partial charge in [0.25, 0.3) is 11.8 Å². The largest absolute Gasteiger partial charge is 0.337 e. The van der Waals surface area contributed by atoms with Crippen molar-refractivity contribution < 1.29 is 23.6 Å². The first-order chi connectivity index (χ1) is 13.7. The highest BCUT2D eigenvalue weighted by Crippen LogP contribution is 2.41. The second kappa shape index (κ2) is 6.79. The molecule has 0 spiro atoms. The summed E-state index contributed by atoms with van der Waals surface area (Å²) in [7, 11) is 1.61. The third kappa shape index (κ3) is 2.85. The van der Waals surface area contributed by atoms with Crippen molar-refractivity contribution in [3.05, 3.63) is 46.9 Å². The summed E-state index contributed by atoms with van der Waals surface area (Å²) in [4.78, 5) is 55.9. The molecule has 4 rings (SSSR count). The molecule has 0 bridgehead atoms. The van der Waals surface area contributed by atoms with Crippen molar-refractivity contribution in [3.8, 4) is 0 Å². The molecule has 1 aromatic carbocycles. The van der Waals surface area contributed by atoms with Crippen LogP contribution in [0.5, 0.6) is 0 Å². The minimum atomic E-state index is -1.24. The van der Waals surface area contributed by atoms with E-state index in [1.807, 2.05) is 13.8 Å². The van der Waals surface area contributed by atoms with Crippen LogP contribution in [0.25, 0.3) is 0 Å². The predicted molar refractivity (Wildman–Crippen MR) is 100 cm³/mol. The van der Waals surface area contributed by atoms with Gasteiger partial charge in [-0.2, -0.15) is 0 Å². The number of carbonyl (C=O) groups excluding carboxylic acids is 4. The van der Waals surface area contributed by atoms with E-state index in [4.69, 9.17) is 0 Å². The van der Waals surface area contributed by atoms with E-state index in [1.165, 1.54) is 26.8 Å². The van der Waals surface area contributed by atoms with Crippen molar-refractivity contribution >= 4 is 23.5 Å². The smallest absolute Gasteiger partial charge is 0.297 e. The Kier molecular flexibility index (Phi) is 4.52. The lowest BCUT2D eigenvalue weighted by atomic mass is 9.82. The first kappa shape index (κ1) is 19.3. The van der Waals surface area contributed by atoms with E-state index in [0.29, 0.717) is 18.5 Å². The second-order valence-corrected chi connectivity index (χ2v) is 8.06. The fourth-order valence-corrected chi connectivity index (χ4v) is 4.53. The Labute approximate surface area is 167 Å². The molecule has 152 valence electrons. The van der Waals surface area contributed by atoms with Gasteiger partial charge >= 0.3 is 0 Å². The predicted octanol–water partition coefficient (Wildman–Crippen LogP) is 1.29. The molecule has 0 saturated carbocycles. The van der Waals surface area contributed by atoms with E-state index >= 15 is 0 Å². The number of nitrogens with zero attached hydrogens (tertiary/aromatic N) is 3. The lowest BCUT2D eigenvalue weighted by Crippen LogP contribution is -2.55. The summed E-state index contributed by atoms with van der Waals surface area (Å²) >= 11 is 0. The Hall–Kier alpha value is -3.03. The number of halogens is 1. The molecule has 0 radical (unpaired) electrons. The highest BCUT2D eigenvalue weighted by Gasteiger charge is 2.56. The summed E-state index contributed by atoms with van der Waals surface area (Å²) < 4.78 is 13.1. The summed E-state index contributed by atoms with van der Waals surface area (Å²) in [6.45, 7) is 4.29. The Morgan fingerprint density at radius 1 is 1.07 bits per heavy atom. The molecule has 1 aromatic rings. The SMILES string of the molecule is CC(C)C1N(C)C(=O)C2=C3CCN(Cc4ccc(F)cc4)C(=O)C3C(=O)C(=O)N21. The van der Waals surface area contributed by atoms with Crippen LogP contribution in [-0.4, -0.2) is 58.0 Å². The lowest BCUT2D eigenvalue weighted by Gasteiger charge is -2.39. The molecule has 3 amide bonds.